The highest BCUT2D eigenvalue weighted by molar-refractivity contribution is 5.58. The molecule has 2 N–H and O–H groups in total. The first-order valence-corrected chi connectivity index (χ1v) is 5.67. The lowest BCUT2D eigenvalue weighted by atomic mass is 10.3. The van der Waals surface area contributed by atoms with Crippen molar-refractivity contribution in [2.75, 3.05) is 12.8 Å². The van der Waals surface area contributed by atoms with Gasteiger partial charge in [-0.1, -0.05) is 0 Å². The summed E-state index contributed by atoms with van der Waals surface area (Å²) in [5, 5.41) is 4.12. The summed E-state index contributed by atoms with van der Waals surface area (Å²) < 4.78 is 12.7. The average Bonchev–Trinajstić information content (AvgIpc) is 2.90. The SMILES string of the molecule is COc1cc(N)ccc1Oc1nccn2nccc12. The van der Waals surface area contributed by atoms with Gasteiger partial charge in [-0.15, -0.1) is 0 Å². The van der Waals surface area contributed by atoms with Gasteiger partial charge in [0.15, 0.2) is 11.5 Å². The zero-order chi connectivity index (χ0) is 13.2. The molecule has 0 radical (unpaired) electrons. The Hall–Kier alpha value is -2.76. The molecule has 0 spiro atoms. The second kappa shape index (κ2) is 4.49. The van der Waals surface area contributed by atoms with Crippen LogP contribution in [0.5, 0.6) is 17.4 Å². The molecule has 6 nitrogen and oxygen atoms in total. The van der Waals surface area contributed by atoms with Crippen LogP contribution in [0, 0.1) is 0 Å². The molecule has 0 saturated heterocycles. The molecule has 19 heavy (non-hydrogen) atoms. The van der Waals surface area contributed by atoms with Gasteiger partial charge in [-0.25, -0.2) is 9.50 Å². The minimum atomic E-state index is 0.461. The number of methoxy groups -OCH3 is 1. The van der Waals surface area contributed by atoms with Crippen LogP contribution in [0.2, 0.25) is 0 Å². The van der Waals surface area contributed by atoms with Crippen molar-refractivity contribution in [2.24, 2.45) is 0 Å². The van der Waals surface area contributed by atoms with E-state index in [0.29, 0.717) is 23.1 Å². The van der Waals surface area contributed by atoms with Crippen LogP contribution >= 0.6 is 0 Å². The Morgan fingerprint density at radius 1 is 1.16 bits per heavy atom. The molecule has 0 fully saturated rings. The summed E-state index contributed by atoms with van der Waals surface area (Å²) in [6, 6.07) is 7.02. The van der Waals surface area contributed by atoms with Gasteiger partial charge >= 0.3 is 0 Å². The van der Waals surface area contributed by atoms with Gasteiger partial charge < -0.3 is 15.2 Å². The van der Waals surface area contributed by atoms with Crippen LogP contribution in [0.4, 0.5) is 5.69 Å². The third kappa shape index (κ3) is 2.03. The minimum Gasteiger partial charge on any atom is -0.493 e. The molecule has 96 valence electrons. The molecule has 0 aliphatic carbocycles. The highest BCUT2D eigenvalue weighted by Gasteiger charge is 2.10. The van der Waals surface area contributed by atoms with E-state index in [1.165, 1.54) is 0 Å². The molecular formula is C13H12N4O2. The fourth-order valence-electron chi connectivity index (χ4n) is 1.78. The molecular weight excluding hydrogens is 244 g/mol. The first-order valence-electron chi connectivity index (χ1n) is 5.67. The highest BCUT2D eigenvalue weighted by atomic mass is 16.5. The second-order valence-electron chi connectivity index (χ2n) is 3.91. The standard InChI is InChI=1S/C13H12N4O2/c1-18-12-8-9(14)2-3-11(12)19-13-10-4-5-16-17(10)7-6-15-13/h2-8H,14H2,1H3. The van der Waals surface area contributed by atoms with Gasteiger partial charge in [0.1, 0.15) is 5.52 Å². The number of hydrogen-bond donors (Lipinski definition) is 1. The summed E-state index contributed by atoms with van der Waals surface area (Å²) >= 11 is 0. The van der Waals surface area contributed by atoms with Crippen LogP contribution in [0.25, 0.3) is 5.52 Å². The number of nitrogens with two attached hydrogens (primary N) is 1. The van der Waals surface area contributed by atoms with E-state index in [1.54, 1.807) is 48.4 Å². The molecule has 0 unspecified atom stereocenters. The van der Waals surface area contributed by atoms with Gasteiger partial charge in [0.05, 0.1) is 13.3 Å². The molecule has 0 saturated carbocycles. The summed E-state index contributed by atoms with van der Waals surface area (Å²) in [5.41, 5.74) is 7.10. The molecule has 6 heteroatoms. The smallest absolute Gasteiger partial charge is 0.245 e. The fourth-order valence-corrected chi connectivity index (χ4v) is 1.78. The van der Waals surface area contributed by atoms with E-state index in [9.17, 15) is 0 Å². The number of rotatable bonds is 3. The van der Waals surface area contributed by atoms with Crippen molar-refractivity contribution in [1.29, 1.82) is 0 Å². The van der Waals surface area contributed by atoms with Crippen LogP contribution in [0.1, 0.15) is 0 Å². The zero-order valence-electron chi connectivity index (χ0n) is 10.3. The largest absolute Gasteiger partial charge is 0.493 e. The van der Waals surface area contributed by atoms with Crippen molar-refractivity contribution in [1.82, 2.24) is 14.6 Å². The first kappa shape index (κ1) is 11.3. The second-order valence-corrected chi connectivity index (χ2v) is 3.91. The number of nitrogens with zero attached hydrogens (tertiary/aromatic N) is 3. The molecule has 2 aromatic heterocycles. The summed E-state index contributed by atoms with van der Waals surface area (Å²) in [6.07, 6.45) is 5.06. The number of aromatic nitrogens is 3. The topological polar surface area (TPSA) is 74.7 Å². The van der Waals surface area contributed by atoms with E-state index in [0.717, 1.165) is 5.52 Å². The van der Waals surface area contributed by atoms with Crippen molar-refractivity contribution < 1.29 is 9.47 Å². The predicted octanol–water partition coefficient (Wildman–Crippen LogP) is 2.11. The van der Waals surface area contributed by atoms with Gasteiger partial charge in [0.25, 0.3) is 0 Å². The molecule has 0 aliphatic rings. The van der Waals surface area contributed by atoms with Crippen molar-refractivity contribution in [3.63, 3.8) is 0 Å². The van der Waals surface area contributed by atoms with Crippen molar-refractivity contribution in [3.8, 4) is 17.4 Å². The molecule has 2 heterocycles. The average molecular weight is 256 g/mol. The molecule has 3 aromatic rings. The number of fused-ring (bicyclic) bond motifs is 1. The summed E-state index contributed by atoms with van der Waals surface area (Å²) in [6.45, 7) is 0. The Balaban J connectivity index is 2.03. The van der Waals surface area contributed by atoms with E-state index in [2.05, 4.69) is 10.1 Å². The Kier molecular flexibility index (Phi) is 2.68. The monoisotopic (exact) mass is 256 g/mol. The lowest BCUT2D eigenvalue weighted by Gasteiger charge is -2.10. The molecule has 1 aromatic carbocycles. The van der Waals surface area contributed by atoms with Gasteiger partial charge in [0.2, 0.25) is 5.88 Å². The van der Waals surface area contributed by atoms with E-state index in [1.807, 2.05) is 6.07 Å². The van der Waals surface area contributed by atoms with E-state index in [4.69, 9.17) is 15.2 Å². The Morgan fingerprint density at radius 3 is 2.89 bits per heavy atom. The normalized spacial score (nSPS) is 10.6. The summed E-state index contributed by atoms with van der Waals surface area (Å²) in [5.74, 6) is 1.57. The van der Waals surface area contributed by atoms with Crippen molar-refractivity contribution in [2.45, 2.75) is 0 Å². The quantitative estimate of drug-likeness (QED) is 0.726. The first-order chi connectivity index (χ1) is 9.28. The Labute approximate surface area is 109 Å². The van der Waals surface area contributed by atoms with E-state index < -0.39 is 0 Å². The Morgan fingerprint density at radius 2 is 2.05 bits per heavy atom. The van der Waals surface area contributed by atoms with E-state index >= 15 is 0 Å². The number of benzene rings is 1. The third-order valence-electron chi connectivity index (χ3n) is 2.68. The van der Waals surface area contributed by atoms with Gasteiger partial charge in [-0.3, -0.25) is 0 Å². The summed E-state index contributed by atoms with van der Waals surface area (Å²) in [4.78, 5) is 4.20. The van der Waals surface area contributed by atoms with Crippen LogP contribution in [-0.4, -0.2) is 21.7 Å². The molecule has 3 rings (SSSR count). The number of ether oxygens (including phenoxy) is 2. The minimum absolute atomic E-state index is 0.461. The van der Waals surface area contributed by atoms with Crippen LogP contribution in [0.3, 0.4) is 0 Å². The zero-order valence-corrected chi connectivity index (χ0v) is 10.3. The number of hydrogen-bond acceptors (Lipinski definition) is 5. The van der Waals surface area contributed by atoms with Gasteiger partial charge in [0, 0.05) is 24.1 Å². The van der Waals surface area contributed by atoms with Crippen LogP contribution in [-0.2, 0) is 0 Å². The predicted molar refractivity (Wildman–Crippen MR) is 70.5 cm³/mol. The van der Waals surface area contributed by atoms with E-state index in [-0.39, 0.29) is 0 Å². The summed E-state index contributed by atoms with van der Waals surface area (Å²) in [7, 11) is 1.56. The maximum Gasteiger partial charge on any atom is 0.245 e. The third-order valence-corrected chi connectivity index (χ3v) is 2.68. The van der Waals surface area contributed by atoms with Crippen LogP contribution in [0.15, 0.2) is 42.9 Å². The molecule has 0 atom stereocenters. The Bertz CT molecular complexity index is 723. The molecule has 0 aliphatic heterocycles. The lowest BCUT2D eigenvalue weighted by Crippen LogP contribution is -1.96. The number of anilines is 1. The van der Waals surface area contributed by atoms with Gasteiger partial charge in [-0.05, 0) is 18.2 Å². The number of nitrogen functional groups attached to an aromatic ring is 1. The lowest BCUT2D eigenvalue weighted by molar-refractivity contribution is 0.375. The van der Waals surface area contributed by atoms with Crippen molar-refractivity contribution in [3.05, 3.63) is 42.9 Å². The molecule has 0 bridgehead atoms. The van der Waals surface area contributed by atoms with Gasteiger partial charge in [-0.2, -0.15) is 5.10 Å². The fraction of sp³-hybridized carbons (Fsp3) is 0.0769. The maximum atomic E-state index is 5.77. The molecule has 0 amide bonds. The highest BCUT2D eigenvalue weighted by Crippen LogP contribution is 2.33. The maximum absolute atomic E-state index is 5.77. The van der Waals surface area contributed by atoms with Crippen molar-refractivity contribution >= 4 is 11.2 Å². The van der Waals surface area contributed by atoms with Crippen LogP contribution < -0.4 is 15.2 Å².